The molecule has 1 aliphatic heterocycles. The monoisotopic (exact) mass is 201 g/mol. The Balaban J connectivity index is 1.97. The molecule has 1 heterocycles. The lowest BCUT2D eigenvalue weighted by Crippen LogP contribution is -2.38. The van der Waals surface area contributed by atoms with Crippen molar-refractivity contribution in [3.8, 4) is 0 Å². The van der Waals surface area contributed by atoms with E-state index in [0.717, 1.165) is 5.92 Å². The molecule has 2 aliphatic rings. The maximum absolute atomic E-state index is 2.56. The van der Waals surface area contributed by atoms with Crippen molar-refractivity contribution in [2.75, 3.05) is 13.6 Å². The Morgan fingerprint density at radius 1 is 1.20 bits per heavy atom. The summed E-state index contributed by atoms with van der Waals surface area (Å²) in [6.07, 6.45) is 5.54. The molecule has 0 N–H and O–H groups in total. The van der Waals surface area contributed by atoms with E-state index in [1.54, 1.807) is 11.1 Å². The van der Waals surface area contributed by atoms with Crippen LogP contribution in [0.2, 0.25) is 0 Å². The van der Waals surface area contributed by atoms with E-state index >= 15 is 0 Å². The normalized spacial score (nSPS) is 27.1. The molecule has 1 aliphatic carbocycles. The number of rotatable bonds is 1. The van der Waals surface area contributed by atoms with E-state index in [-0.39, 0.29) is 0 Å². The number of nitrogens with zero attached hydrogens (tertiary/aromatic N) is 1. The van der Waals surface area contributed by atoms with E-state index in [9.17, 15) is 0 Å². The Morgan fingerprint density at radius 3 is 2.73 bits per heavy atom. The fourth-order valence-corrected chi connectivity index (χ4v) is 3.09. The largest absolute Gasteiger partial charge is 0.299 e. The second kappa shape index (κ2) is 3.64. The van der Waals surface area contributed by atoms with E-state index < -0.39 is 0 Å². The molecule has 0 bridgehead atoms. The van der Waals surface area contributed by atoms with Crippen molar-refractivity contribution in [3.63, 3.8) is 0 Å². The highest BCUT2D eigenvalue weighted by Gasteiger charge is 2.34. The van der Waals surface area contributed by atoms with Crippen LogP contribution in [0.3, 0.4) is 0 Å². The van der Waals surface area contributed by atoms with Gasteiger partial charge in [-0.25, -0.2) is 0 Å². The zero-order valence-electron chi connectivity index (χ0n) is 9.45. The molecule has 1 unspecified atom stereocenters. The van der Waals surface area contributed by atoms with Gasteiger partial charge in [-0.05, 0) is 43.4 Å². The van der Waals surface area contributed by atoms with Gasteiger partial charge in [0, 0.05) is 12.6 Å². The average molecular weight is 201 g/mol. The predicted molar refractivity (Wildman–Crippen MR) is 62.9 cm³/mol. The maximum Gasteiger partial charge on any atom is 0.0376 e. The minimum Gasteiger partial charge on any atom is -0.299 e. The SMILES string of the molecule is CN1CCc2ccccc2C1C1CCC1. The summed E-state index contributed by atoms with van der Waals surface area (Å²) >= 11 is 0. The fraction of sp³-hybridized carbons (Fsp3) is 0.571. The molecular formula is C14H19N. The molecule has 0 radical (unpaired) electrons. The van der Waals surface area contributed by atoms with Crippen molar-refractivity contribution in [2.24, 2.45) is 5.92 Å². The molecule has 80 valence electrons. The smallest absolute Gasteiger partial charge is 0.0376 e. The summed E-state index contributed by atoms with van der Waals surface area (Å²) in [5.74, 6) is 0.927. The van der Waals surface area contributed by atoms with Crippen LogP contribution < -0.4 is 0 Å². The minimum atomic E-state index is 0.712. The van der Waals surface area contributed by atoms with Crippen LogP contribution in [0.5, 0.6) is 0 Å². The summed E-state index contributed by atoms with van der Waals surface area (Å²) in [6, 6.07) is 9.75. The topological polar surface area (TPSA) is 3.24 Å². The Bertz CT molecular complexity index is 354. The molecule has 1 nitrogen and oxygen atoms in total. The molecular weight excluding hydrogens is 182 g/mol. The van der Waals surface area contributed by atoms with Crippen LogP contribution in [0.25, 0.3) is 0 Å². The zero-order chi connectivity index (χ0) is 10.3. The van der Waals surface area contributed by atoms with Gasteiger partial charge in [-0.1, -0.05) is 30.7 Å². The molecule has 1 saturated carbocycles. The van der Waals surface area contributed by atoms with Crippen molar-refractivity contribution in [1.29, 1.82) is 0 Å². The third-order valence-corrected chi connectivity index (χ3v) is 4.18. The van der Waals surface area contributed by atoms with Crippen molar-refractivity contribution in [2.45, 2.75) is 31.7 Å². The number of hydrogen-bond donors (Lipinski definition) is 0. The molecule has 1 atom stereocenters. The van der Waals surface area contributed by atoms with Gasteiger partial charge >= 0.3 is 0 Å². The fourth-order valence-electron chi connectivity index (χ4n) is 3.09. The van der Waals surface area contributed by atoms with Gasteiger partial charge in [0.25, 0.3) is 0 Å². The van der Waals surface area contributed by atoms with Gasteiger partial charge in [-0.15, -0.1) is 0 Å². The summed E-state index contributed by atoms with van der Waals surface area (Å²) in [6.45, 7) is 1.23. The standard InChI is InChI=1S/C14H19N/c1-15-10-9-11-5-2-3-8-13(11)14(15)12-6-4-7-12/h2-3,5,8,12,14H,4,6-7,9-10H2,1H3. The van der Waals surface area contributed by atoms with Crippen LogP contribution in [0.4, 0.5) is 0 Å². The van der Waals surface area contributed by atoms with E-state index in [1.807, 2.05) is 0 Å². The minimum absolute atomic E-state index is 0.712. The molecule has 0 amide bonds. The molecule has 15 heavy (non-hydrogen) atoms. The maximum atomic E-state index is 2.56. The Labute approximate surface area is 92.1 Å². The van der Waals surface area contributed by atoms with Gasteiger partial charge in [-0.2, -0.15) is 0 Å². The van der Waals surface area contributed by atoms with Crippen molar-refractivity contribution in [1.82, 2.24) is 4.90 Å². The van der Waals surface area contributed by atoms with Gasteiger partial charge in [0.2, 0.25) is 0 Å². The lowest BCUT2D eigenvalue weighted by molar-refractivity contribution is 0.110. The Hall–Kier alpha value is -0.820. The third kappa shape index (κ3) is 1.50. The summed E-state index contributed by atoms with van der Waals surface area (Å²) in [4.78, 5) is 2.56. The van der Waals surface area contributed by atoms with Crippen LogP contribution in [-0.4, -0.2) is 18.5 Å². The highest BCUT2D eigenvalue weighted by Crippen LogP contribution is 2.43. The summed E-state index contributed by atoms with van der Waals surface area (Å²) < 4.78 is 0. The van der Waals surface area contributed by atoms with E-state index in [4.69, 9.17) is 0 Å². The Kier molecular flexibility index (Phi) is 2.28. The van der Waals surface area contributed by atoms with Gasteiger partial charge in [0.05, 0.1) is 0 Å². The molecule has 0 spiro atoms. The number of likely N-dealkylation sites (N-methyl/N-ethyl adjacent to an activating group) is 1. The van der Waals surface area contributed by atoms with Crippen LogP contribution in [0.1, 0.15) is 36.4 Å². The van der Waals surface area contributed by atoms with E-state index in [0.29, 0.717) is 6.04 Å². The highest BCUT2D eigenvalue weighted by molar-refractivity contribution is 5.33. The van der Waals surface area contributed by atoms with Crippen LogP contribution in [0.15, 0.2) is 24.3 Å². The molecule has 3 rings (SSSR count). The molecule has 0 saturated heterocycles. The molecule has 1 heteroatoms. The lowest BCUT2D eigenvalue weighted by atomic mass is 9.74. The van der Waals surface area contributed by atoms with Gasteiger partial charge in [0.1, 0.15) is 0 Å². The predicted octanol–water partition coefficient (Wildman–Crippen LogP) is 3.02. The number of hydrogen-bond acceptors (Lipinski definition) is 1. The average Bonchev–Trinajstić information content (AvgIpc) is 2.20. The van der Waals surface area contributed by atoms with Gasteiger partial charge < -0.3 is 0 Å². The first kappa shape index (κ1) is 9.41. The first-order valence-corrected chi connectivity index (χ1v) is 6.14. The number of fused-ring (bicyclic) bond motifs is 1. The lowest BCUT2D eigenvalue weighted by Gasteiger charge is -2.43. The third-order valence-electron chi connectivity index (χ3n) is 4.18. The zero-order valence-corrected chi connectivity index (χ0v) is 9.45. The number of benzene rings is 1. The summed E-state index contributed by atoms with van der Waals surface area (Å²) in [5, 5.41) is 0. The Morgan fingerprint density at radius 2 is 2.00 bits per heavy atom. The highest BCUT2D eigenvalue weighted by atomic mass is 15.1. The molecule has 0 aromatic heterocycles. The molecule has 1 aromatic carbocycles. The van der Waals surface area contributed by atoms with Crippen molar-refractivity contribution >= 4 is 0 Å². The van der Waals surface area contributed by atoms with Crippen molar-refractivity contribution in [3.05, 3.63) is 35.4 Å². The molecule has 1 fully saturated rings. The van der Waals surface area contributed by atoms with Crippen molar-refractivity contribution < 1.29 is 0 Å². The summed E-state index contributed by atoms with van der Waals surface area (Å²) in [5.41, 5.74) is 3.20. The van der Waals surface area contributed by atoms with E-state index in [1.165, 1.54) is 32.2 Å². The van der Waals surface area contributed by atoms with Crippen LogP contribution in [-0.2, 0) is 6.42 Å². The van der Waals surface area contributed by atoms with Gasteiger partial charge in [-0.3, -0.25) is 4.90 Å². The van der Waals surface area contributed by atoms with Gasteiger partial charge in [0.15, 0.2) is 0 Å². The van der Waals surface area contributed by atoms with Crippen LogP contribution >= 0.6 is 0 Å². The quantitative estimate of drug-likeness (QED) is 0.675. The molecule has 1 aromatic rings. The first-order valence-electron chi connectivity index (χ1n) is 6.14. The second-order valence-corrected chi connectivity index (χ2v) is 5.07. The second-order valence-electron chi connectivity index (χ2n) is 5.07. The summed E-state index contributed by atoms with van der Waals surface area (Å²) in [7, 11) is 2.29. The van der Waals surface area contributed by atoms with E-state index in [2.05, 4.69) is 36.2 Å². The first-order chi connectivity index (χ1) is 7.36. The van der Waals surface area contributed by atoms with Crippen LogP contribution in [0, 0.1) is 5.92 Å².